The Hall–Kier alpha value is -0.620. The second-order valence-electron chi connectivity index (χ2n) is 4.16. The van der Waals surface area contributed by atoms with E-state index in [-0.39, 0.29) is 11.4 Å². The van der Waals surface area contributed by atoms with Crippen LogP contribution in [-0.4, -0.2) is 26.2 Å². The van der Waals surface area contributed by atoms with Gasteiger partial charge in [0.1, 0.15) is 0 Å². The molecule has 0 amide bonds. The smallest absolute Gasteiger partial charge is 0.240 e. The van der Waals surface area contributed by atoms with Crippen LogP contribution in [0, 0.1) is 6.92 Å². The van der Waals surface area contributed by atoms with Gasteiger partial charge in [-0.3, -0.25) is 0 Å². The van der Waals surface area contributed by atoms with Crippen molar-refractivity contribution in [2.75, 3.05) is 6.54 Å². The molecule has 0 saturated heterocycles. The van der Waals surface area contributed by atoms with Gasteiger partial charge in [-0.25, -0.2) is 13.1 Å². The molecular formula is C12H18ClNO3S. The molecule has 2 N–H and O–H groups in total. The average molecular weight is 292 g/mol. The molecule has 18 heavy (non-hydrogen) atoms. The number of aliphatic hydroxyl groups is 1. The summed E-state index contributed by atoms with van der Waals surface area (Å²) < 4.78 is 26.5. The minimum atomic E-state index is -3.53. The van der Waals surface area contributed by atoms with Crippen molar-refractivity contribution in [3.63, 3.8) is 0 Å². The maximum absolute atomic E-state index is 12.0. The summed E-state index contributed by atoms with van der Waals surface area (Å²) in [6.45, 7) is 3.77. The predicted molar refractivity (Wildman–Crippen MR) is 72.3 cm³/mol. The molecule has 0 saturated carbocycles. The molecule has 102 valence electrons. The number of sulfonamides is 1. The Kier molecular flexibility index (Phi) is 5.59. The van der Waals surface area contributed by atoms with Gasteiger partial charge in [0.2, 0.25) is 10.0 Å². The standard InChI is InChI=1S/C12H18ClNO3S/c1-3-11(15)6-7-14-18(16,17)12-5-4-10(13)8-9(12)2/h4-5,8,11,14-15H,3,6-7H2,1-2H3. The Bertz CT molecular complexity index is 502. The van der Waals surface area contributed by atoms with E-state index in [2.05, 4.69) is 4.72 Å². The molecule has 1 rings (SSSR count). The van der Waals surface area contributed by atoms with E-state index in [9.17, 15) is 13.5 Å². The van der Waals surface area contributed by atoms with Gasteiger partial charge in [-0.15, -0.1) is 0 Å². The van der Waals surface area contributed by atoms with E-state index >= 15 is 0 Å². The Morgan fingerprint density at radius 3 is 2.67 bits per heavy atom. The summed E-state index contributed by atoms with van der Waals surface area (Å²) in [6, 6.07) is 4.64. The van der Waals surface area contributed by atoms with Crippen LogP contribution in [0.3, 0.4) is 0 Å². The van der Waals surface area contributed by atoms with Crippen molar-refractivity contribution in [1.82, 2.24) is 4.72 Å². The van der Waals surface area contributed by atoms with E-state index in [4.69, 9.17) is 11.6 Å². The van der Waals surface area contributed by atoms with Gasteiger partial charge in [0.05, 0.1) is 11.0 Å². The van der Waals surface area contributed by atoms with Crippen LogP contribution in [0.25, 0.3) is 0 Å². The Morgan fingerprint density at radius 2 is 2.11 bits per heavy atom. The lowest BCUT2D eigenvalue weighted by Crippen LogP contribution is -2.27. The zero-order valence-corrected chi connectivity index (χ0v) is 12.1. The number of aliphatic hydroxyl groups excluding tert-OH is 1. The molecule has 0 aliphatic carbocycles. The first kappa shape index (κ1) is 15.4. The van der Waals surface area contributed by atoms with Crippen LogP contribution in [0.15, 0.2) is 23.1 Å². The van der Waals surface area contributed by atoms with Gasteiger partial charge in [-0.1, -0.05) is 18.5 Å². The Balaban J connectivity index is 2.74. The first-order valence-electron chi connectivity index (χ1n) is 5.80. The molecule has 0 spiro atoms. The lowest BCUT2D eigenvalue weighted by atomic mass is 10.2. The molecule has 0 heterocycles. The molecule has 0 aromatic heterocycles. The Morgan fingerprint density at radius 1 is 1.44 bits per heavy atom. The molecule has 0 aliphatic rings. The number of halogens is 1. The average Bonchev–Trinajstić information content (AvgIpc) is 2.27. The zero-order valence-electron chi connectivity index (χ0n) is 10.5. The number of benzene rings is 1. The first-order valence-corrected chi connectivity index (χ1v) is 7.67. The van der Waals surface area contributed by atoms with E-state index in [1.54, 1.807) is 19.1 Å². The highest BCUT2D eigenvalue weighted by atomic mass is 35.5. The second kappa shape index (κ2) is 6.52. The summed E-state index contributed by atoms with van der Waals surface area (Å²) in [5, 5.41) is 9.87. The molecule has 1 atom stereocenters. The van der Waals surface area contributed by atoms with Gasteiger partial charge in [-0.2, -0.15) is 0 Å². The van der Waals surface area contributed by atoms with Gasteiger partial charge in [0.15, 0.2) is 0 Å². The van der Waals surface area contributed by atoms with E-state index in [0.29, 0.717) is 23.4 Å². The van der Waals surface area contributed by atoms with Crippen molar-refractivity contribution in [2.45, 2.75) is 37.7 Å². The van der Waals surface area contributed by atoms with Gasteiger partial charge >= 0.3 is 0 Å². The third-order valence-corrected chi connectivity index (χ3v) is 4.52. The molecule has 0 radical (unpaired) electrons. The van der Waals surface area contributed by atoms with E-state index in [1.165, 1.54) is 6.07 Å². The zero-order chi connectivity index (χ0) is 13.8. The summed E-state index contributed by atoms with van der Waals surface area (Å²) in [6.07, 6.45) is 0.545. The molecule has 0 aliphatic heterocycles. The molecule has 4 nitrogen and oxygen atoms in total. The predicted octanol–water partition coefficient (Wildman–Crippen LogP) is 2.09. The first-order chi connectivity index (χ1) is 8.36. The maximum atomic E-state index is 12.0. The topological polar surface area (TPSA) is 66.4 Å². The SMILES string of the molecule is CCC(O)CCNS(=O)(=O)c1ccc(Cl)cc1C. The van der Waals surface area contributed by atoms with E-state index in [0.717, 1.165) is 0 Å². The summed E-state index contributed by atoms with van der Waals surface area (Å²) in [5.74, 6) is 0. The van der Waals surface area contributed by atoms with Crippen molar-refractivity contribution in [3.8, 4) is 0 Å². The third kappa shape index (κ3) is 4.24. The number of nitrogens with one attached hydrogen (secondary N) is 1. The lowest BCUT2D eigenvalue weighted by Gasteiger charge is -2.11. The minimum Gasteiger partial charge on any atom is -0.393 e. The van der Waals surface area contributed by atoms with Crippen molar-refractivity contribution in [3.05, 3.63) is 28.8 Å². The van der Waals surface area contributed by atoms with Gasteiger partial charge in [0.25, 0.3) is 0 Å². The fourth-order valence-corrected chi connectivity index (χ4v) is 3.05. The van der Waals surface area contributed by atoms with Crippen LogP contribution >= 0.6 is 11.6 Å². The van der Waals surface area contributed by atoms with Gasteiger partial charge < -0.3 is 5.11 Å². The van der Waals surface area contributed by atoms with Crippen molar-refractivity contribution >= 4 is 21.6 Å². The highest BCUT2D eigenvalue weighted by molar-refractivity contribution is 7.89. The summed E-state index contributed by atoms with van der Waals surface area (Å²) >= 11 is 5.78. The van der Waals surface area contributed by atoms with Gasteiger partial charge in [0, 0.05) is 11.6 Å². The maximum Gasteiger partial charge on any atom is 0.240 e. The number of hydrogen-bond acceptors (Lipinski definition) is 3. The monoisotopic (exact) mass is 291 g/mol. The highest BCUT2D eigenvalue weighted by Crippen LogP contribution is 2.19. The van der Waals surface area contributed by atoms with Crippen LogP contribution < -0.4 is 4.72 Å². The molecule has 1 unspecified atom stereocenters. The minimum absolute atomic E-state index is 0.220. The van der Waals surface area contributed by atoms with Crippen LogP contribution in [0.4, 0.5) is 0 Å². The quantitative estimate of drug-likeness (QED) is 0.843. The van der Waals surface area contributed by atoms with Gasteiger partial charge in [-0.05, 0) is 43.5 Å². The largest absolute Gasteiger partial charge is 0.393 e. The van der Waals surface area contributed by atoms with Crippen LogP contribution in [0.1, 0.15) is 25.3 Å². The number of rotatable bonds is 6. The highest BCUT2D eigenvalue weighted by Gasteiger charge is 2.16. The van der Waals surface area contributed by atoms with Crippen LogP contribution in [0.2, 0.25) is 5.02 Å². The number of hydrogen-bond donors (Lipinski definition) is 2. The van der Waals surface area contributed by atoms with Crippen LogP contribution in [-0.2, 0) is 10.0 Å². The molecular weight excluding hydrogens is 274 g/mol. The summed E-state index contributed by atoms with van der Waals surface area (Å²) in [7, 11) is -3.53. The number of aryl methyl sites for hydroxylation is 1. The third-order valence-electron chi connectivity index (χ3n) is 2.67. The van der Waals surface area contributed by atoms with E-state index < -0.39 is 16.1 Å². The molecule has 0 fully saturated rings. The summed E-state index contributed by atoms with van der Waals surface area (Å²) in [5.41, 5.74) is 0.603. The summed E-state index contributed by atoms with van der Waals surface area (Å²) in [4.78, 5) is 0.220. The normalized spacial score (nSPS) is 13.6. The fraction of sp³-hybridized carbons (Fsp3) is 0.500. The van der Waals surface area contributed by atoms with Crippen molar-refractivity contribution in [2.24, 2.45) is 0 Å². The molecule has 1 aromatic carbocycles. The molecule has 0 bridgehead atoms. The van der Waals surface area contributed by atoms with Crippen LogP contribution in [0.5, 0.6) is 0 Å². The fourth-order valence-electron chi connectivity index (χ4n) is 1.56. The Labute approximate surface area is 113 Å². The van der Waals surface area contributed by atoms with Crippen molar-refractivity contribution in [1.29, 1.82) is 0 Å². The van der Waals surface area contributed by atoms with Crippen molar-refractivity contribution < 1.29 is 13.5 Å². The lowest BCUT2D eigenvalue weighted by molar-refractivity contribution is 0.162. The van der Waals surface area contributed by atoms with E-state index in [1.807, 2.05) is 6.92 Å². The molecule has 6 heteroatoms. The second-order valence-corrected chi connectivity index (χ2v) is 6.33. The molecule has 1 aromatic rings.